The van der Waals surface area contributed by atoms with Crippen LogP contribution in [0.3, 0.4) is 0 Å². The van der Waals surface area contributed by atoms with Crippen LogP contribution in [0.5, 0.6) is 0 Å². The van der Waals surface area contributed by atoms with Crippen molar-refractivity contribution in [3.63, 3.8) is 0 Å². The lowest BCUT2D eigenvalue weighted by atomic mass is 9.92. The van der Waals surface area contributed by atoms with Gasteiger partial charge in [0.15, 0.2) is 0 Å². The number of hydrogen-bond acceptors (Lipinski definition) is 3. The van der Waals surface area contributed by atoms with Crippen molar-refractivity contribution in [1.82, 2.24) is 20.3 Å². The first kappa shape index (κ1) is 16.3. The molecule has 0 saturated carbocycles. The molecule has 132 valence electrons. The average molecular weight is 342 g/mol. The lowest BCUT2D eigenvalue weighted by Crippen LogP contribution is -2.46. The van der Waals surface area contributed by atoms with Gasteiger partial charge in [-0.1, -0.05) is 19.1 Å². The highest BCUT2D eigenvalue weighted by Crippen LogP contribution is 2.33. The fourth-order valence-corrected chi connectivity index (χ4v) is 4.11. The number of hydrazine groups is 1. The van der Waals surface area contributed by atoms with Gasteiger partial charge in [-0.3, -0.25) is 10.2 Å². The highest BCUT2D eigenvalue weighted by Gasteiger charge is 2.40. The minimum Gasteiger partial charge on any atom is -0.348 e. The number of aromatic nitrogens is 1. The molecule has 1 aromatic carbocycles. The van der Waals surface area contributed by atoms with Gasteiger partial charge in [-0.2, -0.15) is 0 Å². The molecule has 0 radical (unpaired) electrons. The third kappa shape index (κ3) is 2.85. The van der Waals surface area contributed by atoms with Gasteiger partial charge >= 0.3 is 0 Å². The van der Waals surface area contributed by atoms with Crippen molar-refractivity contribution >= 4 is 5.91 Å². The molecule has 25 heavy (non-hydrogen) atoms. The van der Waals surface area contributed by atoms with Crippen molar-refractivity contribution < 1.29 is 9.18 Å². The Morgan fingerprint density at radius 2 is 2.16 bits per heavy atom. The van der Waals surface area contributed by atoms with Gasteiger partial charge in [-0.15, -0.1) is 0 Å². The number of nitrogens with zero attached hydrogens (tertiary/aromatic N) is 2. The van der Waals surface area contributed by atoms with E-state index >= 15 is 0 Å². The first-order valence-corrected chi connectivity index (χ1v) is 8.88. The third-order valence-corrected chi connectivity index (χ3v) is 5.34. The van der Waals surface area contributed by atoms with Crippen molar-refractivity contribution in [2.45, 2.75) is 32.0 Å². The topological polar surface area (TPSA) is 49.3 Å². The van der Waals surface area contributed by atoms with Gasteiger partial charge in [-0.25, -0.2) is 9.82 Å². The maximum Gasteiger partial charge on any atom is 0.229 e. The fraction of sp³-hybridized carbons (Fsp3) is 0.421. The van der Waals surface area contributed by atoms with Gasteiger partial charge in [0.05, 0.1) is 18.0 Å². The third-order valence-electron chi connectivity index (χ3n) is 5.34. The van der Waals surface area contributed by atoms with Crippen LogP contribution < -0.4 is 10.9 Å². The Morgan fingerprint density at radius 1 is 1.28 bits per heavy atom. The summed E-state index contributed by atoms with van der Waals surface area (Å²) in [7, 11) is 0. The van der Waals surface area contributed by atoms with Gasteiger partial charge in [0.25, 0.3) is 0 Å². The Kier molecular flexibility index (Phi) is 4.31. The first-order valence-electron chi connectivity index (χ1n) is 8.88. The van der Waals surface area contributed by atoms with E-state index in [-0.39, 0.29) is 29.7 Å². The van der Waals surface area contributed by atoms with Gasteiger partial charge in [-0.05, 0) is 36.2 Å². The Morgan fingerprint density at radius 3 is 2.96 bits per heavy atom. The number of hydrogen-bond donors (Lipinski definition) is 2. The second-order valence-electron chi connectivity index (χ2n) is 6.75. The molecule has 1 amide bonds. The van der Waals surface area contributed by atoms with E-state index in [9.17, 15) is 9.18 Å². The predicted molar refractivity (Wildman–Crippen MR) is 92.9 cm³/mol. The fourth-order valence-electron chi connectivity index (χ4n) is 4.11. The summed E-state index contributed by atoms with van der Waals surface area (Å²) in [4.78, 5) is 15.3. The number of amides is 1. The van der Waals surface area contributed by atoms with E-state index in [2.05, 4.69) is 34.6 Å². The quantitative estimate of drug-likeness (QED) is 0.900. The minimum atomic E-state index is -0.278. The Labute approximate surface area is 146 Å². The first-order chi connectivity index (χ1) is 12.2. The zero-order valence-electron chi connectivity index (χ0n) is 14.3. The molecule has 1 aromatic heterocycles. The second kappa shape index (κ2) is 6.61. The number of benzene rings is 1. The molecule has 3 heterocycles. The van der Waals surface area contributed by atoms with Crippen LogP contribution >= 0.6 is 0 Å². The molecule has 6 heteroatoms. The van der Waals surface area contributed by atoms with Crippen molar-refractivity contribution in [2.75, 3.05) is 13.1 Å². The molecule has 3 unspecified atom stereocenters. The van der Waals surface area contributed by atoms with Gasteiger partial charge < -0.3 is 9.47 Å². The summed E-state index contributed by atoms with van der Waals surface area (Å²) in [6, 6.07) is 10.5. The molecule has 5 nitrogen and oxygen atoms in total. The van der Waals surface area contributed by atoms with Crippen LogP contribution in [0, 0.1) is 11.7 Å². The molecule has 1 fully saturated rings. The standard InChI is InChI=1S/C19H23FN4O/c1-2-16-17-7-4-8-23(17)9-10-24(16)19(25)15-12-21-22-18(15)13-5-3-6-14(20)11-13/h3-8,11,15-16,18,21-22H,2,9-10,12H2,1H3. The van der Waals surface area contributed by atoms with Gasteiger partial charge in [0.1, 0.15) is 5.82 Å². The van der Waals surface area contributed by atoms with Crippen LogP contribution in [0.4, 0.5) is 4.39 Å². The largest absolute Gasteiger partial charge is 0.348 e. The molecule has 2 aromatic rings. The predicted octanol–water partition coefficient (Wildman–Crippen LogP) is 2.39. The van der Waals surface area contributed by atoms with E-state index in [1.54, 1.807) is 6.07 Å². The van der Waals surface area contributed by atoms with Crippen LogP contribution in [0.1, 0.15) is 36.7 Å². The highest BCUT2D eigenvalue weighted by atomic mass is 19.1. The molecule has 0 bridgehead atoms. The lowest BCUT2D eigenvalue weighted by Gasteiger charge is -2.38. The molecule has 3 atom stereocenters. The van der Waals surface area contributed by atoms with Crippen LogP contribution in [0.25, 0.3) is 0 Å². The van der Waals surface area contributed by atoms with Gasteiger partial charge in [0, 0.05) is 31.5 Å². The van der Waals surface area contributed by atoms with Crippen molar-refractivity contribution in [3.05, 3.63) is 59.7 Å². The highest BCUT2D eigenvalue weighted by molar-refractivity contribution is 5.81. The summed E-state index contributed by atoms with van der Waals surface area (Å²) in [5.74, 6) is -0.386. The van der Waals surface area contributed by atoms with Crippen LogP contribution in [0.15, 0.2) is 42.6 Å². The van der Waals surface area contributed by atoms with E-state index in [1.165, 1.54) is 17.8 Å². The molecule has 0 spiro atoms. The molecular formula is C19H23FN4O. The molecule has 1 saturated heterocycles. The molecule has 2 aliphatic heterocycles. The number of rotatable bonds is 3. The average Bonchev–Trinajstić information content (AvgIpc) is 3.29. The van der Waals surface area contributed by atoms with E-state index < -0.39 is 0 Å². The van der Waals surface area contributed by atoms with Gasteiger partial charge in [0.2, 0.25) is 5.91 Å². The summed E-state index contributed by atoms with van der Waals surface area (Å²) in [6.07, 6.45) is 2.96. The van der Waals surface area contributed by atoms with E-state index in [0.29, 0.717) is 13.1 Å². The van der Waals surface area contributed by atoms with Crippen molar-refractivity contribution in [2.24, 2.45) is 5.92 Å². The number of carbonyl (C=O) groups excluding carboxylic acids is 1. The summed E-state index contributed by atoms with van der Waals surface area (Å²) < 4.78 is 15.8. The molecule has 0 aliphatic carbocycles. The zero-order valence-corrected chi connectivity index (χ0v) is 14.3. The second-order valence-corrected chi connectivity index (χ2v) is 6.75. The summed E-state index contributed by atoms with van der Waals surface area (Å²) in [6.45, 7) is 4.20. The summed E-state index contributed by atoms with van der Waals surface area (Å²) in [5, 5.41) is 0. The Hall–Kier alpha value is -2.18. The number of halogens is 1. The lowest BCUT2D eigenvalue weighted by molar-refractivity contribution is -0.139. The zero-order chi connectivity index (χ0) is 17.4. The van der Waals surface area contributed by atoms with E-state index in [4.69, 9.17) is 0 Å². The maximum atomic E-state index is 13.6. The van der Waals surface area contributed by atoms with Crippen molar-refractivity contribution in [1.29, 1.82) is 0 Å². The maximum absolute atomic E-state index is 13.6. The molecule has 4 rings (SSSR count). The van der Waals surface area contributed by atoms with Crippen LogP contribution in [0.2, 0.25) is 0 Å². The van der Waals surface area contributed by atoms with Crippen molar-refractivity contribution in [3.8, 4) is 0 Å². The van der Waals surface area contributed by atoms with E-state index in [0.717, 1.165) is 18.5 Å². The summed E-state index contributed by atoms with van der Waals surface area (Å²) >= 11 is 0. The Bertz CT molecular complexity index is 774. The molecular weight excluding hydrogens is 319 g/mol. The van der Waals surface area contributed by atoms with Crippen LogP contribution in [-0.2, 0) is 11.3 Å². The Balaban J connectivity index is 1.59. The SMILES string of the molecule is CCC1c2cccn2CCN1C(=O)C1CNNC1c1cccc(F)c1. The molecule has 2 N–H and O–H groups in total. The summed E-state index contributed by atoms with van der Waals surface area (Å²) in [5.41, 5.74) is 8.23. The smallest absolute Gasteiger partial charge is 0.229 e. The minimum absolute atomic E-state index is 0.102. The van der Waals surface area contributed by atoms with E-state index in [1.807, 2.05) is 17.0 Å². The number of nitrogens with one attached hydrogen (secondary N) is 2. The normalized spacial score (nSPS) is 25.8. The molecule has 2 aliphatic rings. The number of fused-ring (bicyclic) bond motifs is 1. The van der Waals surface area contributed by atoms with Crippen LogP contribution in [-0.4, -0.2) is 28.5 Å². The number of carbonyl (C=O) groups is 1. The monoisotopic (exact) mass is 342 g/mol.